The number of esters is 1. The predicted molar refractivity (Wildman–Crippen MR) is 178 cm³/mol. The molecule has 0 atom stereocenters. The summed E-state index contributed by atoms with van der Waals surface area (Å²) in [5, 5.41) is 6.42. The van der Waals surface area contributed by atoms with E-state index in [9.17, 15) is 19.2 Å². The Morgan fingerprint density at radius 3 is 1.89 bits per heavy atom. The molecule has 0 bridgehead atoms. The molecule has 5 rings (SSSR count). The Hall–Kier alpha value is -5.90. The van der Waals surface area contributed by atoms with E-state index in [-0.39, 0.29) is 17.0 Å². The molecular formula is C36H34N4O6. The largest absolute Gasteiger partial charge is 0.421 e. The molecular weight excluding hydrogens is 584 g/mol. The Bertz CT molecular complexity index is 1810. The lowest BCUT2D eigenvalue weighted by Crippen LogP contribution is -2.35. The van der Waals surface area contributed by atoms with Gasteiger partial charge in [-0.25, -0.2) is 14.4 Å². The Morgan fingerprint density at radius 1 is 0.739 bits per heavy atom. The molecule has 0 saturated heterocycles. The van der Waals surface area contributed by atoms with Crippen LogP contribution in [0.4, 0.5) is 27.5 Å². The molecule has 1 aliphatic rings. The number of fused-ring (bicyclic) bond motifs is 1. The van der Waals surface area contributed by atoms with Gasteiger partial charge in [0.1, 0.15) is 0 Å². The molecule has 1 heterocycles. The molecule has 3 amide bonds. The Kier molecular flexibility index (Phi) is 8.90. The highest BCUT2D eigenvalue weighted by molar-refractivity contribution is 6.37. The van der Waals surface area contributed by atoms with Gasteiger partial charge in [-0.1, -0.05) is 48.5 Å². The first-order chi connectivity index (χ1) is 21.9. The second-order valence-corrected chi connectivity index (χ2v) is 11.8. The topological polar surface area (TPSA) is 117 Å². The summed E-state index contributed by atoms with van der Waals surface area (Å²) in [5.41, 5.74) is 2.26. The number of amides is 3. The van der Waals surface area contributed by atoms with Gasteiger partial charge in [0.2, 0.25) is 0 Å². The van der Waals surface area contributed by atoms with Gasteiger partial charge in [-0.05, 0) is 75.4 Å². The predicted octanol–water partition coefficient (Wildman–Crippen LogP) is 6.97. The minimum absolute atomic E-state index is 0.00497. The van der Waals surface area contributed by atoms with Crippen LogP contribution < -0.4 is 20.6 Å². The fourth-order valence-corrected chi connectivity index (χ4v) is 4.55. The van der Waals surface area contributed by atoms with Crippen molar-refractivity contribution >= 4 is 58.0 Å². The quantitative estimate of drug-likeness (QED) is 0.130. The summed E-state index contributed by atoms with van der Waals surface area (Å²) in [4.78, 5) is 60.9. The van der Waals surface area contributed by atoms with E-state index in [1.165, 1.54) is 6.07 Å². The number of nitrogens with one attached hydrogen (secondary N) is 2. The van der Waals surface area contributed by atoms with Gasteiger partial charge in [-0.3, -0.25) is 4.79 Å². The normalized spacial score (nSPS) is 13.4. The third-order valence-electron chi connectivity index (χ3n) is 7.04. The van der Waals surface area contributed by atoms with Crippen LogP contribution in [-0.2, 0) is 19.2 Å². The number of hydroxylamine groups is 1. The van der Waals surface area contributed by atoms with Crippen molar-refractivity contribution in [2.45, 2.75) is 20.8 Å². The van der Waals surface area contributed by atoms with E-state index in [0.717, 1.165) is 10.8 Å². The van der Waals surface area contributed by atoms with E-state index in [1.54, 1.807) is 106 Å². The summed E-state index contributed by atoms with van der Waals surface area (Å²) in [6.07, 6.45) is 0. The number of anilines is 4. The Balaban J connectivity index is 1.54. The number of hydrogen-bond acceptors (Lipinski definition) is 7. The SMILES string of the molecule is CN(C)c1ccc(NC(=O)Nc2ccc3c(c2)N(OC(=O)C(C)(C)C)C(=O)/C3=C(\OC(=O)c2ccccc2)c2ccccc2)cc1. The summed E-state index contributed by atoms with van der Waals surface area (Å²) < 4.78 is 5.91. The van der Waals surface area contributed by atoms with Gasteiger partial charge in [-0.15, -0.1) is 5.06 Å². The molecule has 0 aliphatic carbocycles. The number of nitrogens with zero attached hydrogens (tertiary/aromatic N) is 2. The second-order valence-electron chi connectivity index (χ2n) is 11.8. The molecule has 234 valence electrons. The number of hydrogen-bond donors (Lipinski definition) is 2. The van der Waals surface area contributed by atoms with E-state index in [0.29, 0.717) is 28.1 Å². The summed E-state index contributed by atoms with van der Waals surface area (Å²) in [5.74, 6) is -2.04. The number of urea groups is 1. The maximum Gasteiger partial charge on any atom is 0.343 e. The van der Waals surface area contributed by atoms with Crippen molar-refractivity contribution in [2.24, 2.45) is 5.41 Å². The molecule has 4 aromatic carbocycles. The maximum absolute atomic E-state index is 14.1. The molecule has 2 N–H and O–H groups in total. The van der Waals surface area contributed by atoms with Crippen LogP contribution in [0.5, 0.6) is 0 Å². The molecule has 10 nitrogen and oxygen atoms in total. The van der Waals surface area contributed by atoms with Crippen LogP contribution in [-0.4, -0.2) is 38.0 Å². The van der Waals surface area contributed by atoms with Crippen LogP contribution in [0.25, 0.3) is 11.3 Å². The molecule has 0 spiro atoms. The van der Waals surface area contributed by atoms with Crippen molar-refractivity contribution in [3.63, 3.8) is 0 Å². The number of carbonyl (C=O) groups excluding carboxylic acids is 4. The lowest BCUT2D eigenvalue weighted by Gasteiger charge is -2.22. The van der Waals surface area contributed by atoms with Crippen LogP contribution in [0.3, 0.4) is 0 Å². The van der Waals surface area contributed by atoms with E-state index < -0.39 is 29.3 Å². The first kappa shape index (κ1) is 31.5. The lowest BCUT2D eigenvalue weighted by molar-refractivity contribution is -0.157. The van der Waals surface area contributed by atoms with Crippen LogP contribution in [0.15, 0.2) is 103 Å². The molecule has 10 heteroatoms. The molecule has 0 fully saturated rings. The zero-order valence-corrected chi connectivity index (χ0v) is 26.2. The molecule has 0 saturated carbocycles. The zero-order chi connectivity index (χ0) is 33.0. The Labute approximate surface area is 267 Å². The lowest BCUT2D eigenvalue weighted by atomic mass is 9.98. The van der Waals surface area contributed by atoms with Gasteiger partial charge in [0.15, 0.2) is 5.76 Å². The van der Waals surface area contributed by atoms with Crippen molar-refractivity contribution in [2.75, 3.05) is 34.7 Å². The van der Waals surface area contributed by atoms with E-state index >= 15 is 0 Å². The van der Waals surface area contributed by atoms with Gasteiger partial charge >= 0.3 is 18.0 Å². The summed E-state index contributed by atoms with van der Waals surface area (Å²) in [6.45, 7) is 4.99. The molecule has 0 unspecified atom stereocenters. The third kappa shape index (κ3) is 6.91. The maximum atomic E-state index is 14.1. The van der Waals surface area contributed by atoms with Gasteiger partial charge in [0, 0.05) is 42.3 Å². The number of carbonyl (C=O) groups is 4. The fourth-order valence-electron chi connectivity index (χ4n) is 4.55. The zero-order valence-electron chi connectivity index (χ0n) is 26.2. The standard InChI is InChI=1S/C36H34N4O6/c1-36(2,3)34(43)46-40-29-22-26(38-35(44)37-25-16-19-27(20-17-25)39(4)5)18-21-28(29)30(32(40)41)31(23-12-8-6-9-13-23)45-33(42)24-14-10-7-11-15-24/h6-22H,1-5H3,(H2,37,38,44)/b31-30-. The van der Waals surface area contributed by atoms with Crippen molar-refractivity contribution in [3.05, 3.63) is 120 Å². The first-order valence-corrected chi connectivity index (χ1v) is 14.6. The van der Waals surface area contributed by atoms with Gasteiger partial charge < -0.3 is 25.1 Å². The highest BCUT2D eigenvalue weighted by Gasteiger charge is 2.41. The van der Waals surface area contributed by atoms with Crippen molar-refractivity contribution < 1.29 is 28.8 Å². The van der Waals surface area contributed by atoms with Gasteiger partial charge in [0.25, 0.3) is 5.91 Å². The van der Waals surface area contributed by atoms with E-state index in [2.05, 4.69) is 10.6 Å². The minimum atomic E-state index is -0.938. The molecule has 0 radical (unpaired) electrons. The summed E-state index contributed by atoms with van der Waals surface area (Å²) in [7, 11) is 3.85. The van der Waals surface area contributed by atoms with E-state index in [1.807, 2.05) is 31.1 Å². The highest BCUT2D eigenvalue weighted by Crippen LogP contribution is 2.43. The van der Waals surface area contributed by atoms with Crippen LogP contribution in [0.1, 0.15) is 42.3 Å². The molecule has 46 heavy (non-hydrogen) atoms. The Morgan fingerprint density at radius 2 is 1.30 bits per heavy atom. The number of ether oxygens (including phenoxy) is 1. The average Bonchev–Trinajstić information content (AvgIpc) is 3.30. The van der Waals surface area contributed by atoms with Crippen molar-refractivity contribution in [3.8, 4) is 0 Å². The summed E-state index contributed by atoms with van der Waals surface area (Å²) in [6, 6.07) is 28.7. The fraction of sp³-hybridized carbons (Fsp3) is 0.167. The number of benzene rings is 4. The van der Waals surface area contributed by atoms with Crippen molar-refractivity contribution in [1.82, 2.24) is 0 Å². The molecule has 0 aromatic heterocycles. The average molecular weight is 619 g/mol. The van der Waals surface area contributed by atoms with Crippen LogP contribution in [0, 0.1) is 5.41 Å². The highest BCUT2D eigenvalue weighted by atomic mass is 16.7. The third-order valence-corrected chi connectivity index (χ3v) is 7.04. The van der Waals surface area contributed by atoms with E-state index in [4.69, 9.17) is 9.57 Å². The van der Waals surface area contributed by atoms with Crippen LogP contribution in [0.2, 0.25) is 0 Å². The number of rotatable bonds is 7. The van der Waals surface area contributed by atoms with Gasteiger partial charge in [0.05, 0.1) is 22.2 Å². The van der Waals surface area contributed by atoms with Gasteiger partial charge in [-0.2, -0.15) is 0 Å². The monoisotopic (exact) mass is 618 g/mol. The summed E-state index contributed by atoms with van der Waals surface area (Å²) >= 11 is 0. The van der Waals surface area contributed by atoms with Crippen molar-refractivity contribution in [1.29, 1.82) is 0 Å². The first-order valence-electron chi connectivity index (χ1n) is 14.6. The smallest absolute Gasteiger partial charge is 0.343 e. The molecule has 1 aliphatic heterocycles. The second kappa shape index (κ2) is 13.0. The minimum Gasteiger partial charge on any atom is -0.421 e. The molecule has 4 aromatic rings. The van der Waals surface area contributed by atoms with Crippen LogP contribution >= 0.6 is 0 Å².